The summed E-state index contributed by atoms with van der Waals surface area (Å²) in [7, 11) is 0. The molecule has 0 bridgehead atoms. The lowest BCUT2D eigenvalue weighted by Gasteiger charge is -2.58. The molecule has 2 nitrogen and oxygen atoms in total. The zero-order chi connectivity index (χ0) is 21.8. The van der Waals surface area contributed by atoms with E-state index >= 15 is 0 Å². The SMILES string of the molecule is C[C@H](CCc1ncccc1Cl)[C@H]1CC[C@H]2[C@@H]3CC=C4C[C@@H](O)CC[C@]4(C)[C@H]3CC[C@]12C. The molecule has 0 spiro atoms. The fourth-order valence-electron chi connectivity index (χ4n) is 8.78. The Hall–Kier alpha value is -0.860. The molecule has 1 heterocycles. The molecule has 5 rings (SSSR count). The third-order valence-corrected chi connectivity index (χ3v) is 10.9. The number of hydrogen-bond acceptors (Lipinski definition) is 2. The normalized spacial score (nSPS) is 42.9. The Labute approximate surface area is 193 Å². The Kier molecular flexibility index (Phi) is 5.79. The van der Waals surface area contributed by atoms with Crippen LogP contribution in [0.15, 0.2) is 30.0 Å². The summed E-state index contributed by atoms with van der Waals surface area (Å²) >= 11 is 6.38. The molecule has 4 aliphatic rings. The van der Waals surface area contributed by atoms with E-state index < -0.39 is 0 Å². The molecule has 0 aliphatic heterocycles. The van der Waals surface area contributed by atoms with Crippen molar-refractivity contribution in [1.29, 1.82) is 0 Å². The molecule has 8 atom stereocenters. The van der Waals surface area contributed by atoms with Crippen LogP contribution >= 0.6 is 11.6 Å². The van der Waals surface area contributed by atoms with Crippen molar-refractivity contribution < 1.29 is 5.11 Å². The zero-order valence-corrected chi connectivity index (χ0v) is 20.4. The van der Waals surface area contributed by atoms with E-state index in [1.807, 2.05) is 18.3 Å². The summed E-state index contributed by atoms with van der Waals surface area (Å²) in [6.45, 7) is 7.67. The van der Waals surface area contributed by atoms with E-state index in [1.165, 1.54) is 44.9 Å². The molecule has 3 fully saturated rings. The van der Waals surface area contributed by atoms with Gasteiger partial charge in [-0.15, -0.1) is 0 Å². The fraction of sp³-hybridized carbons (Fsp3) is 0.750. The van der Waals surface area contributed by atoms with Crippen molar-refractivity contribution in [3.05, 3.63) is 40.7 Å². The number of aromatic nitrogens is 1. The lowest BCUT2D eigenvalue weighted by Crippen LogP contribution is -2.50. The highest BCUT2D eigenvalue weighted by molar-refractivity contribution is 6.31. The molecule has 0 radical (unpaired) electrons. The monoisotopic (exact) mass is 441 g/mol. The quantitative estimate of drug-likeness (QED) is 0.499. The van der Waals surface area contributed by atoms with Crippen LogP contribution in [0.2, 0.25) is 5.02 Å². The number of aliphatic hydroxyl groups is 1. The standard InChI is InChI=1S/C28H40ClNO/c1-18(6-11-26-25(29)5-4-16-30-26)22-9-10-23-21-8-7-19-17-20(31)12-14-27(19,2)24(21)13-15-28(22,23)3/h4-5,7,16,18,20-24,31H,6,8-15,17H2,1-3H3/t18-,20+,21+,22-,23+,24+,27+,28-/m1/s1. The number of nitrogens with zero attached hydrogens (tertiary/aromatic N) is 1. The van der Waals surface area contributed by atoms with Gasteiger partial charge < -0.3 is 5.11 Å². The predicted octanol–water partition coefficient (Wildman–Crippen LogP) is 7.24. The Morgan fingerprint density at radius 2 is 2.00 bits per heavy atom. The van der Waals surface area contributed by atoms with Gasteiger partial charge in [0.05, 0.1) is 16.8 Å². The molecule has 31 heavy (non-hydrogen) atoms. The highest BCUT2D eigenvalue weighted by Crippen LogP contribution is 2.67. The number of fused-ring (bicyclic) bond motifs is 5. The van der Waals surface area contributed by atoms with Crippen LogP contribution in [0.1, 0.15) is 84.3 Å². The van der Waals surface area contributed by atoms with Gasteiger partial charge in [0.2, 0.25) is 0 Å². The van der Waals surface area contributed by atoms with Crippen molar-refractivity contribution >= 4 is 11.6 Å². The molecular formula is C28H40ClNO. The summed E-state index contributed by atoms with van der Waals surface area (Å²) in [5.74, 6) is 4.11. The molecular weight excluding hydrogens is 402 g/mol. The number of rotatable bonds is 4. The van der Waals surface area contributed by atoms with E-state index in [2.05, 4.69) is 31.8 Å². The maximum Gasteiger partial charge on any atom is 0.0621 e. The van der Waals surface area contributed by atoms with E-state index in [9.17, 15) is 5.11 Å². The number of allylic oxidation sites excluding steroid dienone is 1. The minimum atomic E-state index is -0.103. The topological polar surface area (TPSA) is 33.1 Å². The summed E-state index contributed by atoms with van der Waals surface area (Å²) < 4.78 is 0. The first kappa shape index (κ1) is 22.0. The van der Waals surface area contributed by atoms with E-state index in [1.54, 1.807) is 5.57 Å². The lowest BCUT2D eigenvalue weighted by atomic mass is 9.47. The van der Waals surface area contributed by atoms with Crippen LogP contribution in [0.3, 0.4) is 0 Å². The van der Waals surface area contributed by atoms with Crippen LogP contribution in [0.5, 0.6) is 0 Å². The number of hydrogen-bond donors (Lipinski definition) is 1. The van der Waals surface area contributed by atoms with Crippen molar-refractivity contribution in [2.45, 2.75) is 91.1 Å². The summed E-state index contributed by atoms with van der Waals surface area (Å²) in [6.07, 6.45) is 16.5. The summed E-state index contributed by atoms with van der Waals surface area (Å²) in [6, 6.07) is 3.90. The van der Waals surface area contributed by atoms with Crippen LogP contribution < -0.4 is 0 Å². The third-order valence-electron chi connectivity index (χ3n) is 10.5. The first-order chi connectivity index (χ1) is 14.8. The maximum atomic E-state index is 10.2. The summed E-state index contributed by atoms with van der Waals surface area (Å²) in [5, 5.41) is 11.1. The van der Waals surface area contributed by atoms with Gasteiger partial charge in [-0.05, 0) is 117 Å². The smallest absolute Gasteiger partial charge is 0.0621 e. The number of pyridine rings is 1. The van der Waals surface area contributed by atoms with E-state index in [4.69, 9.17) is 11.6 Å². The molecule has 0 saturated heterocycles. The van der Waals surface area contributed by atoms with Crippen LogP contribution in [0.4, 0.5) is 0 Å². The van der Waals surface area contributed by atoms with Gasteiger partial charge >= 0.3 is 0 Å². The van der Waals surface area contributed by atoms with Crippen LogP contribution in [0, 0.1) is 40.4 Å². The van der Waals surface area contributed by atoms with Crippen molar-refractivity contribution in [1.82, 2.24) is 4.98 Å². The van der Waals surface area contributed by atoms with Crippen molar-refractivity contribution in [2.75, 3.05) is 0 Å². The predicted molar refractivity (Wildman–Crippen MR) is 128 cm³/mol. The van der Waals surface area contributed by atoms with Gasteiger partial charge in [-0.3, -0.25) is 4.98 Å². The van der Waals surface area contributed by atoms with Crippen LogP contribution in [0.25, 0.3) is 0 Å². The Morgan fingerprint density at radius 1 is 1.16 bits per heavy atom. The Balaban J connectivity index is 1.31. The second-order valence-corrected chi connectivity index (χ2v) is 12.2. The van der Waals surface area contributed by atoms with Gasteiger partial charge in [0, 0.05) is 6.20 Å². The average Bonchev–Trinajstić information content (AvgIpc) is 3.11. The summed E-state index contributed by atoms with van der Waals surface area (Å²) in [4.78, 5) is 4.52. The average molecular weight is 442 g/mol. The molecule has 1 aromatic rings. The van der Waals surface area contributed by atoms with Crippen molar-refractivity contribution in [3.8, 4) is 0 Å². The molecule has 3 heteroatoms. The molecule has 1 aromatic heterocycles. The van der Waals surface area contributed by atoms with Crippen LogP contribution in [-0.4, -0.2) is 16.2 Å². The number of halogens is 1. The highest BCUT2D eigenvalue weighted by Gasteiger charge is 2.59. The van der Waals surface area contributed by atoms with E-state index in [0.717, 1.165) is 59.6 Å². The molecule has 3 saturated carbocycles. The first-order valence-corrected chi connectivity index (χ1v) is 13.2. The van der Waals surface area contributed by atoms with Gasteiger partial charge in [-0.2, -0.15) is 0 Å². The molecule has 1 N–H and O–H groups in total. The summed E-state index contributed by atoms with van der Waals surface area (Å²) in [5.41, 5.74) is 3.50. The third kappa shape index (κ3) is 3.61. The van der Waals surface area contributed by atoms with Gasteiger partial charge in [-0.25, -0.2) is 0 Å². The molecule has 0 amide bonds. The fourth-order valence-corrected chi connectivity index (χ4v) is 9.00. The number of aliphatic hydroxyl groups excluding tert-OH is 1. The molecule has 0 unspecified atom stereocenters. The number of aryl methyl sites for hydroxylation is 1. The molecule has 4 aliphatic carbocycles. The van der Waals surface area contributed by atoms with E-state index in [0.29, 0.717) is 10.8 Å². The van der Waals surface area contributed by atoms with Gasteiger partial charge in [0.25, 0.3) is 0 Å². The van der Waals surface area contributed by atoms with E-state index in [-0.39, 0.29) is 6.10 Å². The second-order valence-electron chi connectivity index (χ2n) is 11.8. The van der Waals surface area contributed by atoms with Crippen molar-refractivity contribution in [2.24, 2.45) is 40.4 Å². The van der Waals surface area contributed by atoms with Gasteiger partial charge in [0.15, 0.2) is 0 Å². The largest absolute Gasteiger partial charge is 0.393 e. The molecule has 0 aromatic carbocycles. The molecule has 170 valence electrons. The zero-order valence-electron chi connectivity index (χ0n) is 19.6. The first-order valence-electron chi connectivity index (χ1n) is 12.8. The van der Waals surface area contributed by atoms with Crippen LogP contribution in [-0.2, 0) is 6.42 Å². The minimum absolute atomic E-state index is 0.103. The Morgan fingerprint density at radius 3 is 2.81 bits per heavy atom. The maximum absolute atomic E-state index is 10.2. The minimum Gasteiger partial charge on any atom is -0.393 e. The Bertz CT molecular complexity index is 851. The lowest BCUT2D eigenvalue weighted by molar-refractivity contribution is -0.0571. The van der Waals surface area contributed by atoms with Crippen molar-refractivity contribution in [3.63, 3.8) is 0 Å². The van der Waals surface area contributed by atoms with Gasteiger partial charge in [-0.1, -0.05) is 44.0 Å². The second kappa shape index (κ2) is 8.17. The highest BCUT2D eigenvalue weighted by atomic mass is 35.5. The van der Waals surface area contributed by atoms with Gasteiger partial charge in [0.1, 0.15) is 0 Å².